The number of pyridine rings is 1. The van der Waals surface area contributed by atoms with Crippen LogP contribution >= 0.6 is 15.9 Å². The molecular formula is C19H23BrN4O. The van der Waals surface area contributed by atoms with Crippen molar-refractivity contribution in [1.82, 2.24) is 15.1 Å². The third-order valence-corrected chi connectivity index (χ3v) is 7.05. The Morgan fingerprint density at radius 3 is 2.56 bits per heavy atom. The summed E-state index contributed by atoms with van der Waals surface area (Å²) in [7, 11) is 0. The Kier molecular flexibility index (Phi) is 3.66. The molecule has 2 bridgehead atoms. The molecule has 0 amide bonds. The molecule has 2 heterocycles. The minimum absolute atomic E-state index is 0.152. The molecule has 2 aromatic rings. The van der Waals surface area contributed by atoms with Crippen molar-refractivity contribution in [3.63, 3.8) is 0 Å². The van der Waals surface area contributed by atoms with Crippen LogP contribution in [0, 0.1) is 5.41 Å². The monoisotopic (exact) mass is 402 g/mol. The molecule has 2 aromatic heterocycles. The number of aromatic nitrogens is 3. The smallest absolute Gasteiger partial charge is 0.232 e. The molecular weight excluding hydrogens is 380 g/mol. The van der Waals surface area contributed by atoms with E-state index in [0.29, 0.717) is 11.3 Å². The number of halogens is 1. The Balaban J connectivity index is 1.26. The number of anilines is 1. The molecule has 0 aliphatic heterocycles. The Hall–Kier alpha value is -1.43. The summed E-state index contributed by atoms with van der Waals surface area (Å²) in [6.07, 6.45) is 13.4. The van der Waals surface area contributed by atoms with Gasteiger partial charge >= 0.3 is 0 Å². The predicted octanol–water partition coefficient (Wildman–Crippen LogP) is 4.81. The molecule has 132 valence electrons. The summed E-state index contributed by atoms with van der Waals surface area (Å²) in [5, 5.41) is 7.86. The van der Waals surface area contributed by atoms with Gasteiger partial charge in [0.15, 0.2) is 5.82 Å². The maximum atomic E-state index is 5.71. The molecule has 5 nitrogen and oxygen atoms in total. The first kappa shape index (κ1) is 15.8. The fraction of sp³-hybridized carbons (Fsp3) is 0.632. The van der Waals surface area contributed by atoms with Gasteiger partial charge in [-0.05, 0) is 78.8 Å². The van der Waals surface area contributed by atoms with Crippen molar-refractivity contribution in [2.75, 3.05) is 11.9 Å². The molecule has 4 aliphatic carbocycles. The van der Waals surface area contributed by atoms with Gasteiger partial charge in [-0.2, -0.15) is 4.98 Å². The topological polar surface area (TPSA) is 63.8 Å². The van der Waals surface area contributed by atoms with Gasteiger partial charge < -0.3 is 9.84 Å². The third kappa shape index (κ3) is 2.88. The van der Waals surface area contributed by atoms with E-state index in [0.717, 1.165) is 28.4 Å². The second-order valence-electron chi connectivity index (χ2n) is 8.26. The van der Waals surface area contributed by atoms with Crippen molar-refractivity contribution in [2.24, 2.45) is 5.41 Å². The Morgan fingerprint density at radius 2 is 1.88 bits per heavy atom. The van der Waals surface area contributed by atoms with Crippen LogP contribution < -0.4 is 5.32 Å². The van der Waals surface area contributed by atoms with Gasteiger partial charge in [-0.25, -0.2) is 0 Å². The molecule has 1 N–H and O–H groups in total. The minimum atomic E-state index is 0.152. The zero-order chi connectivity index (χ0) is 16.9. The first-order valence-electron chi connectivity index (χ1n) is 9.35. The lowest BCUT2D eigenvalue weighted by atomic mass is 9.53. The van der Waals surface area contributed by atoms with Gasteiger partial charge in [-0.15, -0.1) is 0 Å². The standard InChI is InChI=1S/C19H23BrN4O/c20-14-9-15(11-21-10-14)22-12-18-3-6-19(7-4-18,8-5-18)17-23-16(24-25-17)13-1-2-13/h9-11,13,22H,1-8,12H2. The molecule has 0 saturated heterocycles. The van der Waals surface area contributed by atoms with E-state index in [9.17, 15) is 0 Å². The molecule has 4 saturated carbocycles. The molecule has 4 fully saturated rings. The van der Waals surface area contributed by atoms with Gasteiger partial charge in [0, 0.05) is 28.5 Å². The Bertz CT molecular complexity index is 761. The van der Waals surface area contributed by atoms with Gasteiger partial charge in [0.05, 0.1) is 11.9 Å². The van der Waals surface area contributed by atoms with Crippen molar-refractivity contribution in [3.05, 3.63) is 34.6 Å². The van der Waals surface area contributed by atoms with E-state index in [1.807, 2.05) is 12.4 Å². The molecule has 0 unspecified atom stereocenters. The molecule has 0 radical (unpaired) electrons. The fourth-order valence-electron chi connectivity index (χ4n) is 4.61. The second-order valence-corrected chi connectivity index (χ2v) is 9.17. The number of fused-ring (bicyclic) bond motifs is 3. The zero-order valence-electron chi connectivity index (χ0n) is 14.3. The highest BCUT2D eigenvalue weighted by Gasteiger charge is 2.52. The minimum Gasteiger partial charge on any atom is -0.383 e. The largest absolute Gasteiger partial charge is 0.383 e. The van der Waals surface area contributed by atoms with Crippen LogP contribution in [0.5, 0.6) is 0 Å². The highest BCUT2D eigenvalue weighted by molar-refractivity contribution is 9.10. The van der Waals surface area contributed by atoms with Crippen molar-refractivity contribution < 1.29 is 4.52 Å². The molecule has 6 heteroatoms. The lowest BCUT2D eigenvalue weighted by Crippen LogP contribution is -2.47. The number of nitrogens with zero attached hydrogens (tertiary/aromatic N) is 3. The summed E-state index contributed by atoms with van der Waals surface area (Å²) >= 11 is 3.49. The molecule has 4 aliphatic rings. The molecule has 0 atom stereocenters. The van der Waals surface area contributed by atoms with Gasteiger partial charge in [0.2, 0.25) is 5.89 Å². The van der Waals surface area contributed by atoms with E-state index in [4.69, 9.17) is 9.51 Å². The van der Waals surface area contributed by atoms with Crippen LogP contribution in [0.3, 0.4) is 0 Å². The van der Waals surface area contributed by atoms with Gasteiger partial charge in [-0.3, -0.25) is 4.98 Å². The van der Waals surface area contributed by atoms with Gasteiger partial charge in [0.1, 0.15) is 0 Å². The van der Waals surface area contributed by atoms with Crippen LogP contribution in [0.15, 0.2) is 27.5 Å². The van der Waals surface area contributed by atoms with Crippen molar-refractivity contribution in [3.8, 4) is 0 Å². The van der Waals surface area contributed by atoms with Crippen LogP contribution in [0.4, 0.5) is 5.69 Å². The second kappa shape index (κ2) is 5.79. The highest BCUT2D eigenvalue weighted by Crippen LogP contribution is 2.57. The van der Waals surface area contributed by atoms with E-state index in [2.05, 4.69) is 37.5 Å². The number of rotatable bonds is 5. The van der Waals surface area contributed by atoms with Crippen LogP contribution in [-0.2, 0) is 5.41 Å². The van der Waals surface area contributed by atoms with Crippen LogP contribution in [0.25, 0.3) is 0 Å². The molecule has 0 spiro atoms. The van der Waals surface area contributed by atoms with Crippen molar-refractivity contribution in [2.45, 2.75) is 62.7 Å². The SMILES string of the molecule is Brc1cncc(NCC23CCC(c4nc(C5CC5)no4)(CC2)CC3)c1. The summed E-state index contributed by atoms with van der Waals surface area (Å²) in [6, 6.07) is 2.09. The number of hydrogen-bond acceptors (Lipinski definition) is 5. The van der Waals surface area contributed by atoms with Crippen molar-refractivity contribution in [1.29, 1.82) is 0 Å². The van der Waals surface area contributed by atoms with E-state index < -0.39 is 0 Å². The molecule has 25 heavy (non-hydrogen) atoms. The maximum Gasteiger partial charge on any atom is 0.232 e. The third-order valence-electron chi connectivity index (χ3n) is 6.61. The normalized spacial score (nSPS) is 31.2. The Morgan fingerprint density at radius 1 is 1.12 bits per heavy atom. The van der Waals surface area contributed by atoms with E-state index in [1.54, 1.807) is 0 Å². The summed E-state index contributed by atoms with van der Waals surface area (Å²) in [4.78, 5) is 9.02. The zero-order valence-corrected chi connectivity index (χ0v) is 15.9. The van der Waals surface area contributed by atoms with Crippen LogP contribution in [0.1, 0.15) is 69.0 Å². The van der Waals surface area contributed by atoms with Crippen LogP contribution in [-0.4, -0.2) is 21.7 Å². The first-order chi connectivity index (χ1) is 12.2. The average Bonchev–Trinajstić information content (AvgIpc) is 3.38. The lowest BCUT2D eigenvalue weighted by Gasteiger charge is -2.52. The fourth-order valence-corrected chi connectivity index (χ4v) is 4.97. The van der Waals surface area contributed by atoms with Crippen molar-refractivity contribution >= 4 is 21.6 Å². The van der Waals surface area contributed by atoms with Crippen LogP contribution in [0.2, 0.25) is 0 Å². The molecule has 0 aromatic carbocycles. The summed E-state index contributed by atoms with van der Waals surface area (Å²) < 4.78 is 6.73. The van der Waals surface area contributed by atoms with Gasteiger partial charge in [0.25, 0.3) is 0 Å². The molecule has 6 rings (SSSR count). The lowest BCUT2D eigenvalue weighted by molar-refractivity contribution is 0.0322. The summed E-state index contributed by atoms with van der Waals surface area (Å²) in [5.41, 5.74) is 1.65. The van der Waals surface area contributed by atoms with Gasteiger partial charge in [-0.1, -0.05) is 5.16 Å². The average molecular weight is 403 g/mol. The van der Waals surface area contributed by atoms with E-state index in [1.165, 1.54) is 51.4 Å². The Labute approximate surface area is 156 Å². The number of hydrogen-bond donors (Lipinski definition) is 1. The van der Waals surface area contributed by atoms with E-state index >= 15 is 0 Å². The first-order valence-corrected chi connectivity index (χ1v) is 10.1. The highest BCUT2D eigenvalue weighted by atomic mass is 79.9. The summed E-state index contributed by atoms with van der Waals surface area (Å²) in [6.45, 7) is 1.03. The number of nitrogens with one attached hydrogen (secondary N) is 1. The summed E-state index contributed by atoms with van der Waals surface area (Å²) in [5.74, 6) is 2.45. The quantitative estimate of drug-likeness (QED) is 0.777. The van der Waals surface area contributed by atoms with E-state index in [-0.39, 0.29) is 5.41 Å². The predicted molar refractivity (Wildman–Crippen MR) is 98.5 cm³/mol. The maximum absolute atomic E-state index is 5.71.